The summed E-state index contributed by atoms with van der Waals surface area (Å²) in [6.07, 6.45) is 31.0. The maximum atomic E-state index is 14.0. The van der Waals surface area contributed by atoms with Gasteiger partial charge in [-0.25, -0.2) is 0 Å². The van der Waals surface area contributed by atoms with Crippen LogP contribution in [-0.4, -0.2) is 97.5 Å². The molecule has 292 valence electrons. The van der Waals surface area contributed by atoms with Crippen LogP contribution in [-0.2, 0) is 19.1 Å². The standard InChI is InChI=1S/C42H80N4O4/c1-4-6-8-10-12-13-14-15-16-17-18-20-26-30-41(48)50-37-40(47)46(36-35-45-33-31-44(3)32-34-45)39(29-25-19-11-9-7-5-2)42(49)43-38-27-23-21-22-24-28-38/h38-39H,4-37H2,1-3H3,(H,43,49). The van der Waals surface area contributed by atoms with Gasteiger partial charge in [-0.3, -0.25) is 19.3 Å². The molecule has 1 atom stereocenters. The van der Waals surface area contributed by atoms with E-state index in [1.807, 2.05) is 0 Å². The number of hydrogen-bond donors (Lipinski definition) is 1. The van der Waals surface area contributed by atoms with Crippen LogP contribution in [0.1, 0.15) is 187 Å². The topological polar surface area (TPSA) is 82.2 Å². The van der Waals surface area contributed by atoms with Gasteiger partial charge >= 0.3 is 5.97 Å². The number of amides is 2. The monoisotopic (exact) mass is 705 g/mol. The van der Waals surface area contributed by atoms with Crippen LogP contribution in [0.25, 0.3) is 0 Å². The Morgan fingerprint density at radius 3 is 1.72 bits per heavy atom. The normalized spacial score (nSPS) is 16.9. The van der Waals surface area contributed by atoms with Crippen molar-refractivity contribution in [3.63, 3.8) is 0 Å². The number of carbonyl (C=O) groups excluding carboxylic acids is 3. The third-order valence-electron chi connectivity index (χ3n) is 11.1. The second kappa shape index (κ2) is 29.9. The molecular weight excluding hydrogens is 624 g/mol. The molecule has 1 heterocycles. The molecule has 0 radical (unpaired) electrons. The molecule has 0 spiro atoms. The van der Waals surface area contributed by atoms with Gasteiger partial charge in [-0.2, -0.15) is 0 Å². The van der Waals surface area contributed by atoms with E-state index in [-0.39, 0.29) is 30.4 Å². The lowest BCUT2D eigenvalue weighted by atomic mass is 10.0. The SMILES string of the molecule is CCCCCCCCCCCCCCCC(=O)OCC(=O)N(CCN1CCN(C)CC1)C(CCCCCCCC)C(=O)NC1CCCCCC1. The maximum Gasteiger partial charge on any atom is 0.306 e. The number of likely N-dealkylation sites (N-methyl/N-ethyl adjacent to an activating group) is 1. The molecule has 2 aliphatic rings. The third-order valence-corrected chi connectivity index (χ3v) is 11.1. The number of hydrogen-bond acceptors (Lipinski definition) is 6. The van der Waals surface area contributed by atoms with Gasteiger partial charge in [-0.15, -0.1) is 0 Å². The molecule has 2 amide bonds. The minimum absolute atomic E-state index is 0.0181. The van der Waals surface area contributed by atoms with E-state index in [0.29, 0.717) is 19.4 Å². The van der Waals surface area contributed by atoms with Gasteiger partial charge in [-0.1, -0.05) is 155 Å². The van der Waals surface area contributed by atoms with E-state index in [1.54, 1.807) is 4.90 Å². The molecule has 1 N–H and O–H groups in total. The molecule has 2 rings (SSSR count). The average molecular weight is 705 g/mol. The van der Waals surface area contributed by atoms with Gasteiger partial charge in [0.15, 0.2) is 6.61 Å². The van der Waals surface area contributed by atoms with Gasteiger partial charge in [0, 0.05) is 51.7 Å². The molecule has 0 aromatic heterocycles. The van der Waals surface area contributed by atoms with E-state index in [4.69, 9.17) is 4.74 Å². The first-order valence-corrected chi connectivity index (χ1v) is 21.6. The van der Waals surface area contributed by atoms with Crippen molar-refractivity contribution in [2.45, 2.75) is 199 Å². The Morgan fingerprint density at radius 1 is 0.680 bits per heavy atom. The van der Waals surface area contributed by atoms with Crippen LogP contribution in [0.2, 0.25) is 0 Å². The Kier molecular flexibility index (Phi) is 26.6. The molecule has 2 fully saturated rings. The fourth-order valence-corrected chi connectivity index (χ4v) is 7.63. The highest BCUT2D eigenvalue weighted by atomic mass is 16.5. The molecule has 1 unspecified atom stereocenters. The first-order valence-electron chi connectivity index (χ1n) is 21.6. The number of nitrogens with one attached hydrogen (secondary N) is 1. The highest BCUT2D eigenvalue weighted by molar-refractivity contribution is 5.89. The summed E-state index contributed by atoms with van der Waals surface area (Å²) in [6, 6.07) is -0.339. The summed E-state index contributed by atoms with van der Waals surface area (Å²) >= 11 is 0. The number of piperazine rings is 1. The van der Waals surface area contributed by atoms with E-state index >= 15 is 0 Å². The van der Waals surface area contributed by atoms with Gasteiger partial charge in [0.1, 0.15) is 6.04 Å². The number of esters is 1. The lowest BCUT2D eigenvalue weighted by molar-refractivity contribution is -0.154. The average Bonchev–Trinajstić information content (AvgIpc) is 3.39. The van der Waals surface area contributed by atoms with Crippen LogP contribution in [0.5, 0.6) is 0 Å². The Bertz CT molecular complexity index is 855. The fourth-order valence-electron chi connectivity index (χ4n) is 7.63. The van der Waals surface area contributed by atoms with E-state index in [0.717, 1.165) is 96.9 Å². The van der Waals surface area contributed by atoms with Crippen molar-refractivity contribution in [3.05, 3.63) is 0 Å². The van der Waals surface area contributed by atoms with E-state index in [1.165, 1.54) is 96.3 Å². The number of unbranched alkanes of at least 4 members (excludes halogenated alkanes) is 17. The number of rotatable bonds is 29. The van der Waals surface area contributed by atoms with Gasteiger partial charge < -0.3 is 19.9 Å². The van der Waals surface area contributed by atoms with Crippen LogP contribution >= 0.6 is 0 Å². The summed E-state index contributed by atoms with van der Waals surface area (Å²) in [5.74, 6) is -0.545. The molecule has 1 aliphatic carbocycles. The van der Waals surface area contributed by atoms with Crippen molar-refractivity contribution in [2.24, 2.45) is 0 Å². The van der Waals surface area contributed by atoms with Gasteiger partial charge in [0.25, 0.3) is 5.91 Å². The van der Waals surface area contributed by atoms with Crippen molar-refractivity contribution in [3.8, 4) is 0 Å². The van der Waals surface area contributed by atoms with Crippen molar-refractivity contribution < 1.29 is 19.1 Å². The van der Waals surface area contributed by atoms with Gasteiger partial charge in [0.05, 0.1) is 0 Å². The highest BCUT2D eigenvalue weighted by Crippen LogP contribution is 2.20. The zero-order chi connectivity index (χ0) is 36.1. The van der Waals surface area contributed by atoms with Crippen LogP contribution in [0.4, 0.5) is 0 Å². The Balaban J connectivity index is 1.87. The molecule has 0 bridgehead atoms. The Hall–Kier alpha value is -1.67. The quantitative estimate of drug-likeness (QED) is 0.0476. The lowest BCUT2D eigenvalue weighted by Crippen LogP contribution is -2.55. The second-order valence-electron chi connectivity index (χ2n) is 15.7. The summed E-state index contributed by atoms with van der Waals surface area (Å²) in [7, 11) is 2.15. The molecule has 1 saturated heterocycles. The fraction of sp³-hybridized carbons (Fsp3) is 0.929. The zero-order valence-electron chi connectivity index (χ0n) is 33.2. The summed E-state index contributed by atoms with van der Waals surface area (Å²) in [5, 5.41) is 3.37. The first-order chi connectivity index (χ1) is 24.4. The number of ether oxygens (including phenoxy) is 1. The molecule has 50 heavy (non-hydrogen) atoms. The van der Waals surface area contributed by atoms with Crippen molar-refractivity contribution in [1.29, 1.82) is 0 Å². The molecule has 8 nitrogen and oxygen atoms in total. The predicted octanol–water partition coefficient (Wildman–Crippen LogP) is 9.05. The van der Waals surface area contributed by atoms with Gasteiger partial charge in [-0.05, 0) is 32.7 Å². The number of nitrogens with zero attached hydrogens (tertiary/aromatic N) is 3. The molecule has 1 aliphatic heterocycles. The van der Waals surface area contributed by atoms with E-state index in [9.17, 15) is 14.4 Å². The van der Waals surface area contributed by atoms with Crippen LogP contribution in [0.3, 0.4) is 0 Å². The van der Waals surface area contributed by atoms with Crippen LogP contribution in [0.15, 0.2) is 0 Å². The molecule has 8 heteroatoms. The zero-order valence-corrected chi connectivity index (χ0v) is 33.2. The molecule has 0 aromatic rings. The van der Waals surface area contributed by atoms with E-state index < -0.39 is 6.04 Å². The summed E-state index contributed by atoms with van der Waals surface area (Å²) in [4.78, 5) is 47.1. The minimum atomic E-state index is -0.524. The van der Waals surface area contributed by atoms with Crippen molar-refractivity contribution in [1.82, 2.24) is 20.0 Å². The minimum Gasteiger partial charge on any atom is -0.456 e. The highest BCUT2D eigenvalue weighted by Gasteiger charge is 2.32. The maximum absolute atomic E-state index is 14.0. The smallest absolute Gasteiger partial charge is 0.306 e. The van der Waals surface area contributed by atoms with Crippen LogP contribution < -0.4 is 5.32 Å². The molecule has 1 saturated carbocycles. The number of carbonyl (C=O) groups is 3. The molecular formula is C42H80N4O4. The first kappa shape index (κ1) is 44.5. The summed E-state index contributed by atoms with van der Waals surface area (Å²) in [5.41, 5.74) is 0. The second-order valence-corrected chi connectivity index (χ2v) is 15.7. The largest absolute Gasteiger partial charge is 0.456 e. The third kappa shape index (κ3) is 21.6. The lowest BCUT2D eigenvalue weighted by Gasteiger charge is -2.36. The van der Waals surface area contributed by atoms with Crippen LogP contribution in [0, 0.1) is 0 Å². The Labute approximate surface area is 308 Å². The molecule has 0 aromatic carbocycles. The summed E-state index contributed by atoms with van der Waals surface area (Å²) < 4.78 is 5.58. The predicted molar refractivity (Wildman–Crippen MR) is 208 cm³/mol. The van der Waals surface area contributed by atoms with Crippen molar-refractivity contribution >= 4 is 17.8 Å². The van der Waals surface area contributed by atoms with Gasteiger partial charge in [0.2, 0.25) is 5.91 Å². The van der Waals surface area contributed by atoms with E-state index in [2.05, 4.69) is 36.0 Å². The summed E-state index contributed by atoms with van der Waals surface area (Å²) in [6.45, 7) is 9.37. The van der Waals surface area contributed by atoms with Crippen molar-refractivity contribution in [2.75, 3.05) is 52.9 Å². The Morgan fingerprint density at radius 2 is 1.18 bits per heavy atom.